The summed E-state index contributed by atoms with van der Waals surface area (Å²) in [6.07, 6.45) is 0. The molecule has 0 saturated carbocycles. The fourth-order valence-corrected chi connectivity index (χ4v) is 2.45. The second kappa shape index (κ2) is 4.14. The van der Waals surface area contributed by atoms with E-state index in [9.17, 15) is 0 Å². The Balaban J connectivity index is 2.85. The zero-order valence-corrected chi connectivity index (χ0v) is 12.4. The molecule has 1 aromatic carbocycles. The van der Waals surface area contributed by atoms with E-state index in [-0.39, 0.29) is 5.41 Å². The van der Waals surface area contributed by atoms with E-state index in [0.29, 0.717) is 10.8 Å². The molecule has 2 N–H and O–H groups in total. The highest BCUT2D eigenvalue weighted by Crippen LogP contribution is 2.35. The molecule has 2 nitrogen and oxygen atoms in total. The Kier molecular flexibility index (Phi) is 3.08. The number of halogens is 2. The van der Waals surface area contributed by atoms with E-state index in [4.69, 9.17) is 17.3 Å². The first-order valence-electron chi connectivity index (χ1n) is 5.35. The summed E-state index contributed by atoms with van der Waals surface area (Å²) in [5.74, 6) is 0.563. The quantitative estimate of drug-likeness (QED) is 0.776. The zero-order chi connectivity index (χ0) is 12.8. The lowest BCUT2D eigenvalue weighted by Gasteiger charge is -2.21. The molecule has 1 aromatic heterocycles. The minimum atomic E-state index is -0.0447. The van der Waals surface area contributed by atoms with E-state index in [1.54, 1.807) is 0 Å². The number of hydrogen-bond donors (Lipinski definition) is 1. The molecule has 0 atom stereocenters. The number of fused-ring (bicyclic) bond motifs is 1. The molecule has 0 aliphatic carbocycles. The molecule has 1 heterocycles. The van der Waals surface area contributed by atoms with Crippen molar-refractivity contribution in [2.45, 2.75) is 26.2 Å². The van der Waals surface area contributed by atoms with Gasteiger partial charge in [-0.3, -0.25) is 0 Å². The Labute approximate surface area is 114 Å². The smallest absolute Gasteiger partial charge is 0.127 e. The molecule has 17 heavy (non-hydrogen) atoms. The van der Waals surface area contributed by atoms with Gasteiger partial charge >= 0.3 is 0 Å². The van der Waals surface area contributed by atoms with Crippen molar-refractivity contribution in [2.24, 2.45) is 0 Å². The Bertz CT molecular complexity index is 588. The van der Waals surface area contributed by atoms with Crippen LogP contribution in [0, 0.1) is 0 Å². The zero-order valence-electron chi connectivity index (χ0n) is 10.0. The van der Waals surface area contributed by atoms with E-state index in [1.165, 1.54) is 0 Å². The Morgan fingerprint density at radius 1 is 1.29 bits per heavy atom. The number of nitrogen functional groups attached to an aromatic ring is 1. The summed E-state index contributed by atoms with van der Waals surface area (Å²) in [5, 5.41) is 1.63. The van der Waals surface area contributed by atoms with Crippen LogP contribution in [-0.2, 0) is 5.41 Å². The van der Waals surface area contributed by atoms with Gasteiger partial charge in [-0.25, -0.2) is 4.98 Å². The highest BCUT2D eigenvalue weighted by Gasteiger charge is 2.19. The number of nitrogens with zero attached hydrogens (tertiary/aromatic N) is 1. The first-order chi connectivity index (χ1) is 7.80. The number of rotatable bonds is 0. The van der Waals surface area contributed by atoms with Gasteiger partial charge in [-0.1, -0.05) is 32.4 Å². The fourth-order valence-electron chi connectivity index (χ4n) is 1.81. The van der Waals surface area contributed by atoms with Crippen LogP contribution in [0.3, 0.4) is 0 Å². The van der Waals surface area contributed by atoms with Crippen LogP contribution >= 0.6 is 27.5 Å². The average molecular weight is 314 g/mol. The van der Waals surface area contributed by atoms with Crippen molar-refractivity contribution in [3.63, 3.8) is 0 Å². The minimum absolute atomic E-state index is 0.0447. The molecule has 90 valence electrons. The van der Waals surface area contributed by atoms with Crippen molar-refractivity contribution in [1.29, 1.82) is 0 Å². The number of pyridine rings is 1. The lowest BCUT2D eigenvalue weighted by Crippen LogP contribution is -2.15. The molecular weight excluding hydrogens is 300 g/mol. The lowest BCUT2D eigenvalue weighted by atomic mass is 9.86. The number of aromatic nitrogens is 1. The number of nitrogens with two attached hydrogens (primary N) is 1. The summed E-state index contributed by atoms with van der Waals surface area (Å²) in [5.41, 5.74) is 7.80. The molecule has 0 fully saturated rings. The van der Waals surface area contributed by atoms with Crippen LogP contribution in [0.1, 0.15) is 26.3 Å². The normalized spacial score (nSPS) is 12.1. The van der Waals surface area contributed by atoms with Gasteiger partial charge < -0.3 is 5.73 Å². The predicted molar refractivity (Wildman–Crippen MR) is 77.6 cm³/mol. The third kappa shape index (κ3) is 2.26. The monoisotopic (exact) mass is 312 g/mol. The maximum atomic E-state index is 6.20. The van der Waals surface area contributed by atoms with Gasteiger partial charge in [-0.05, 0) is 39.5 Å². The van der Waals surface area contributed by atoms with E-state index < -0.39 is 0 Å². The predicted octanol–water partition coefficient (Wildman–Crippen LogP) is 4.53. The van der Waals surface area contributed by atoms with Crippen LogP contribution in [-0.4, -0.2) is 4.98 Å². The van der Waals surface area contributed by atoms with Crippen LogP contribution in [0.5, 0.6) is 0 Å². The molecule has 0 saturated heterocycles. The Morgan fingerprint density at radius 2 is 1.94 bits per heavy atom. The van der Waals surface area contributed by atoms with Crippen molar-refractivity contribution in [2.75, 3.05) is 5.73 Å². The fraction of sp³-hybridized carbons (Fsp3) is 0.308. The number of hydrogen-bond acceptors (Lipinski definition) is 2. The first kappa shape index (κ1) is 12.7. The first-order valence-corrected chi connectivity index (χ1v) is 6.52. The van der Waals surface area contributed by atoms with Crippen LogP contribution in [0.2, 0.25) is 5.02 Å². The third-order valence-electron chi connectivity index (χ3n) is 2.72. The third-order valence-corrected chi connectivity index (χ3v) is 3.69. The molecule has 0 amide bonds. The highest BCUT2D eigenvalue weighted by atomic mass is 79.9. The van der Waals surface area contributed by atoms with Crippen LogP contribution in [0.15, 0.2) is 22.7 Å². The lowest BCUT2D eigenvalue weighted by molar-refractivity contribution is 0.591. The molecule has 0 unspecified atom stereocenters. The van der Waals surface area contributed by atoms with Gasteiger partial charge in [-0.2, -0.15) is 0 Å². The molecule has 2 rings (SSSR count). The van der Waals surface area contributed by atoms with Gasteiger partial charge in [0.15, 0.2) is 0 Å². The van der Waals surface area contributed by atoms with Gasteiger partial charge in [0.25, 0.3) is 0 Å². The highest BCUT2D eigenvalue weighted by molar-refractivity contribution is 9.10. The van der Waals surface area contributed by atoms with Crippen molar-refractivity contribution in [1.82, 2.24) is 4.98 Å². The molecule has 0 aliphatic rings. The maximum absolute atomic E-state index is 6.20. The number of benzene rings is 1. The van der Waals surface area contributed by atoms with Crippen LogP contribution in [0.25, 0.3) is 10.9 Å². The summed E-state index contributed by atoms with van der Waals surface area (Å²) in [4.78, 5) is 4.45. The SMILES string of the molecule is CC(C)(C)c1cc2c(Cl)ccc(Br)c2nc1N. The minimum Gasteiger partial charge on any atom is -0.383 e. The molecule has 0 radical (unpaired) electrons. The standard InChI is InChI=1S/C13H14BrClN2/c1-13(2,3)8-6-7-10(15)5-4-9(14)11(7)17-12(8)16/h4-6H,1-3H3,(H2,16,17). The van der Waals surface area contributed by atoms with Crippen molar-refractivity contribution in [3.05, 3.63) is 33.3 Å². The maximum Gasteiger partial charge on any atom is 0.127 e. The van der Waals surface area contributed by atoms with E-state index >= 15 is 0 Å². The summed E-state index contributed by atoms with van der Waals surface area (Å²) >= 11 is 9.67. The summed E-state index contributed by atoms with van der Waals surface area (Å²) in [6, 6.07) is 5.77. The topological polar surface area (TPSA) is 38.9 Å². The molecule has 0 aliphatic heterocycles. The van der Waals surface area contributed by atoms with E-state index in [1.807, 2.05) is 18.2 Å². The van der Waals surface area contributed by atoms with Gasteiger partial charge in [0.05, 0.1) is 10.5 Å². The molecular formula is C13H14BrClN2. The van der Waals surface area contributed by atoms with E-state index in [0.717, 1.165) is 20.9 Å². The summed E-state index contributed by atoms with van der Waals surface area (Å²) in [6.45, 7) is 6.33. The number of anilines is 1. The largest absolute Gasteiger partial charge is 0.383 e. The van der Waals surface area contributed by atoms with Gasteiger partial charge in [0.1, 0.15) is 5.82 Å². The molecule has 0 spiro atoms. The van der Waals surface area contributed by atoms with Crippen molar-refractivity contribution in [3.8, 4) is 0 Å². The van der Waals surface area contributed by atoms with Crippen LogP contribution in [0.4, 0.5) is 5.82 Å². The summed E-state index contributed by atoms with van der Waals surface area (Å²) in [7, 11) is 0. The summed E-state index contributed by atoms with van der Waals surface area (Å²) < 4.78 is 0.907. The average Bonchev–Trinajstić information content (AvgIpc) is 2.21. The van der Waals surface area contributed by atoms with Gasteiger partial charge in [0, 0.05) is 15.4 Å². The Morgan fingerprint density at radius 3 is 2.53 bits per heavy atom. The van der Waals surface area contributed by atoms with Crippen LogP contribution < -0.4 is 5.73 Å². The molecule has 0 bridgehead atoms. The second-order valence-electron chi connectivity index (χ2n) is 5.10. The molecule has 4 heteroatoms. The second-order valence-corrected chi connectivity index (χ2v) is 6.36. The molecule has 2 aromatic rings. The Hall–Kier alpha value is -0.800. The van der Waals surface area contributed by atoms with Gasteiger partial charge in [0.2, 0.25) is 0 Å². The van der Waals surface area contributed by atoms with Gasteiger partial charge in [-0.15, -0.1) is 0 Å². The van der Waals surface area contributed by atoms with E-state index in [2.05, 4.69) is 41.7 Å². The van der Waals surface area contributed by atoms with Crippen molar-refractivity contribution < 1.29 is 0 Å². The van der Waals surface area contributed by atoms with Crippen molar-refractivity contribution >= 4 is 44.3 Å².